The Morgan fingerprint density at radius 3 is 2.80 bits per heavy atom. The third-order valence-electron chi connectivity index (χ3n) is 3.47. The van der Waals surface area contributed by atoms with Gasteiger partial charge in [0.05, 0.1) is 0 Å². The highest BCUT2D eigenvalue weighted by Gasteiger charge is 2.27. The summed E-state index contributed by atoms with van der Waals surface area (Å²) in [5.74, 6) is -0.293. The Morgan fingerprint density at radius 2 is 2.10 bits per heavy atom. The quantitative estimate of drug-likeness (QED) is 0.758. The van der Waals surface area contributed by atoms with E-state index in [0.717, 1.165) is 12.2 Å². The number of benzene rings is 1. The number of fused-ring (bicyclic) bond motifs is 1. The summed E-state index contributed by atoms with van der Waals surface area (Å²) in [6.07, 6.45) is 0.546. The number of amides is 2. The van der Waals surface area contributed by atoms with Crippen LogP contribution in [0.1, 0.15) is 38.2 Å². The predicted octanol–water partition coefficient (Wildman–Crippen LogP) is 1.36. The summed E-state index contributed by atoms with van der Waals surface area (Å²) in [4.78, 5) is 23.1. The minimum Gasteiger partial charge on any atom is -0.384 e. The first kappa shape index (κ1) is 14.4. The molecular formula is C15H21N3O2. The molecule has 5 heteroatoms. The van der Waals surface area contributed by atoms with Gasteiger partial charge in [-0.3, -0.25) is 9.59 Å². The van der Waals surface area contributed by atoms with E-state index < -0.39 is 11.4 Å². The topological polar surface area (TPSA) is 84.2 Å². The van der Waals surface area contributed by atoms with E-state index >= 15 is 0 Å². The van der Waals surface area contributed by atoms with E-state index in [2.05, 4.69) is 10.6 Å². The van der Waals surface area contributed by atoms with Gasteiger partial charge in [-0.2, -0.15) is 0 Å². The van der Waals surface area contributed by atoms with E-state index in [1.165, 1.54) is 5.56 Å². The number of anilines is 1. The lowest BCUT2D eigenvalue weighted by Gasteiger charge is -2.25. The molecule has 108 valence electrons. The monoisotopic (exact) mass is 275 g/mol. The Hall–Kier alpha value is -2.04. The molecule has 1 aromatic carbocycles. The van der Waals surface area contributed by atoms with Crippen molar-refractivity contribution in [2.45, 2.75) is 38.1 Å². The van der Waals surface area contributed by atoms with Crippen LogP contribution in [0.5, 0.6) is 0 Å². The molecule has 1 aliphatic heterocycles. The summed E-state index contributed by atoms with van der Waals surface area (Å²) >= 11 is 0. The third-order valence-corrected chi connectivity index (χ3v) is 3.47. The molecule has 0 aromatic heterocycles. The molecule has 0 spiro atoms. The van der Waals surface area contributed by atoms with E-state index in [4.69, 9.17) is 5.73 Å². The van der Waals surface area contributed by atoms with Gasteiger partial charge in [0.15, 0.2) is 0 Å². The van der Waals surface area contributed by atoms with Crippen molar-refractivity contribution in [1.82, 2.24) is 5.32 Å². The van der Waals surface area contributed by atoms with Gasteiger partial charge in [-0.1, -0.05) is 18.2 Å². The number of carbonyl (C=O) groups excluding carboxylic acids is 2. The fourth-order valence-corrected chi connectivity index (χ4v) is 2.67. The highest BCUT2D eigenvalue weighted by Crippen LogP contribution is 2.33. The number of nitrogens with one attached hydrogen (secondary N) is 2. The first-order chi connectivity index (χ1) is 9.37. The van der Waals surface area contributed by atoms with Crippen LogP contribution in [0.25, 0.3) is 0 Å². The molecule has 20 heavy (non-hydrogen) atoms. The van der Waals surface area contributed by atoms with Crippen molar-refractivity contribution in [2.24, 2.45) is 5.73 Å². The Kier molecular flexibility index (Phi) is 3.97. The van der Waals surface area contributed by atoms with E-state index in [1.807, 2.05) is 24.3 Å². The van der Waals surface area contributed by atoms with Gasteiger partial charge in [0.1, 0.15) is 0 Å². The van der Waals surface area contributed by atoms with E-state index in [9.17, 15) is 9.59 Å². The molecule has 1 unspecified atom stereocenters. The molecule has 1 atom stereocenters. The molecule has 4 N–H and O–H groups in total. The lowest BCUT2D eigenvalue weighted by Crippen LogP contribution is -2.46. The van der Waals surface area contributed by atoms with Crippen LogP contribution in [-0.4, -0.2) is 23.9 Å². The lowest BCUT2D eigenvalue weighted by molar-refractivity contribution is -0.124. The van der Waals surface area contributed by atoms with Crippen LogP contribution >= 0.6 is 0 Å². The van der Waals surface area contributed by atoms with Crippen molar-refractivity contribution >= 4 is 17.5 Å². The SMILES string of the molecule is CC(C)(CC(N)=O)NC(=O)CC1CNc2ccccc21. The van der Waals surface area contributed by atoms with Crippen LogP contribution < -0.4 is 16.4 Å². The van der Waals surface area contributed by atoms with Gasteiger partial charge in [0.25, 0.3) is 0 Å². The number of hydrogen-bond donors (Lipinski definition) is 3. The van der Waals surface area contributed by atoms with Crippen molar-refractivity contribution in [2.75, 3.05) is 11.9 Å². The average Bonchev–Trinajstić information content (AvgIpc) is 2.70. The van der Waals surface area contributed by atoms with Gasteiger partial charge >= 0.3 is 0 Å². The second kappa shape index (κ2) is 5.53. The molecule has 0 saturated heterocycles. The molecule has 2 amide bonds. The zero-order chi connectivity index (χ0) is 14.8. The number of hydrogen-bond acceptors (Lipinski definition) is 3. The normalized spacial score (nSPS) is 17.2. The Bertz CT molecular complexity index is 526. The number of carbonyl (C=O) groups is 2. The minimum atomic E-state index is -0.603. The Morgan fingerprint density at radius 1 is 1.40 bits per heavy atom. The van der Waals surface area contributed by atoms with Gasteiger partial charge in [0, 0.05) is 36.5 Å². The smallest absolute Gasteiger partial charge is 0.221 e. The predicted molar refractivity (Wildman–Crippen MR) is 78.3 cm³/mol. The molecule has 1 aliphatic rings. The van der Waals surface area contributed by atoms with Crippen molar-refractivity contribution in [3.63, 3.8) is 0 Å². The zero-order valence-electron chi connectivity index (χ0n) is 11.9. The lowest BCUT2D eigenvalue weighted by atomic mass is 9.95. The number of nitrogens with two attached hydrogens (primary N) is 1. The number of primary amides is 1. The summed E-state index contributed by atoms with van der Waals surface area (Å²) in [6, 6.07) is 8.02. The highest BCUT2D eigenvalue weighted by molar-refractivity contribution is 5.81. The van der Waals surface area contributed by atoms with Crippen LogP contribution in [0.2, 0.25) is 0 Å². The third kappa shape index (κ3) is 3.50. The summed E-state index contributed by atoms with van der Waals surface area (Å²) in [6.45, 7) is 4.37. The molecule has 1 heterocycles. The van der Waals surface area contributed by atoms with Crippen LogP contribution in [0.4, 0.5) is 5.69 Å². The summed E-state index contributed by atoms with van der Waals surface area (Å²) in [5.41, 5.74) is 6.85. The van der Waals surface area contributed by atoms with Gasteiger partial charge in [0.2, 0.25) is 11.8 Å². The highest BCUT2D eigenvalue weighted by atomic mass is 16.2. The van der Waals surface area contributed by atoms with Crippen LogP contribution in [0, 0.1) is 0 Å². The maximum Gasteiger partial charge on any atom is 0.221 e. The molecule has 1 aromatic rings. The van der Waals surface area contributed by atoms with Crippen molar-refractivity contribution in [3.8, 4) is 0 Å². The maximum atomic E-state index is 12.1. The van der Waals surface area contributed by atoms with E-state index in [-0.39, 0.29) is 18.2 Å². The second-order valence-corrected chi connectivity index (χ2v) is 5.94. The molecule has 0 radical (unpaired) electrons. The summed E-state index contributed by atoms with van der Waals surface area (Å²) < 4.78 is 0. The first-order valence-electron chi connectivity index (χ1n) is 6.79. The molecular weight excluding hydrogens is 254 g/mol. The van der Waals surface area contributed by atoms with E-state index in [1.54, 1.807) is 13.8 Å². The van der Waals surface area contributed by atoms with Crippen LogP contribution in [0.3, 0.4) is 0 Å². The number of rotatable bonds is 5. The molecule has 0 fully saturated rings. The van der Waals surface area contributed by atoms with Crippen molar-refractivity contribution < 1.29 is 9.59 Å². The van der Waals surface area contributed by atoms with Crippen molar-refractivity contribution in [1.29, 1.82) is 0 Å². The number of para-hydroxylation sites is 1. The van der Waals surface area contributed by atoms with Crippen LogP contribution in [0.15, 0.2) is 24.3 Å². The van der Waals surface area contributed by atoms with Crippen molar-refractivity contribution in [3.05, 3.63) is 29.8 Å². The maximum absolute atomic E-state index is 12.1. The standard InChI is InChI=1S/C15H21N3O2/c1-15(2,8-13(16)19)18-14(20)7-10-9-17-12-6-4-3-5-11(10)12/h3-6,10,17H,7-9H2,1-2H3,(H2,16,19)(H,18,20). The largest absolute Gasteiger partial charge is 0.384 e. The van der Waals surface area contributed by atoms with Gasteiger partial charge in [-0.25, -0.2) is 0 Å². The minimum absolute atomic E-state index is 0.0558. The fraction of sp³-hybridized carbons (Fsp3) is 0.467. The first-order valence-corrected chi connectivity index (χ1v) is 6.79. The zero-order valence-corrected chi connectivity index (χ0v) is 11.9. The van der Waals surface area contributed by atoms with Gasteiger partial charge in [-0.15, -0.1) is 0 Å². The van der Waals surface area contributed by atoms with E-state index in [0.29, 0.717) is 6.42 Å². The second-order valence-electron chi connectivity index (χ2n) is 5.94. The molecule has 0 bridgehead atoms. The molecule has 5 nitrogen and oxygen atoms in total. The van der Waals surface area contributed by atoms with Crippen LogP contribution in [-0.2, 0) is 9.59 Å². The molecule has 0 aliphatic carbocycles. The van der Waals surface area contributed by atoms with Gasteiger partial charge < -0.3 is 16.4 Å². The average molecular weight is 275 g/mol. The molecule has 0 saturated carbocycles. The summed E-state index contributed by atoms with van der Waals surface area (Å²) in [7, 11) is 0. The summed E-state index contributed by atoms with van der Waals surface area (Å²) in [5, 5.41) is 6.17. The molecule has 2 rings (SSSR count). The van der Waals surface area contributed by atoms with Gasteiger partial charge in [-0.05, 0) is 25.5 Å². The fourth-order valence-electron chi connectivity index (χ4n) is 2.67. The Labute approximate surface area is 118 Å². The Balaban J connectivity index is 1.95.